The Balaban J connectivity index is 2.63. The van der Waals surface area contributed by atoms with Crippen molar-refractivity contribution in [3.05, 3.63) is 28.8 Å². The standard InChI is InChI=1S/C14H14O6/c1-7-6-9-4-5-10(20-8(2)15)12(13(16)18-3)11(9)14(17)19-7/h4-5,7H,6H2,1-3H3. The van der Waals surface area contributed by atoms with Gasteiger partial charge < -0.3 is 14.2 Å². The van der Waals surface area contributed by atoms with E-state index >= 15 is 0 Å². The third-order valence-corrected chi connectivity index (χ3v) is 2.92. The van der Waals surface area contributed by atoms with Crippen LogP contribution < -0.4 is 4.74 Å². The quantitative estimate of drug-likeness (QED) is 0.602. The molecule has 1 aliphatic heterocycles. The zero-order valence-electron chi connectivity index (χ0n) is 11.4. The number of hydrogen-bond donors (Lipinski definition) is 0. The van der Waals surface area contributed by atoms with E-state index in [1.165, 1.54) is 20.1 Å². The lowest BCUT2D eigenvalue weighted by Gasteiger charge is -2.24. The van der Waals surface area contributed by atoms with Gasteiger partial charge in [0.05, 0.1) is 12.7 Å². The molecule has 0 saturated carbocycles. The molecule has 6 nitrogen and oxygen atoms in total. The van der Waals surface area contributed by atoms with Gasteiger partial charge in [0.2, 0.25) is 0 Å². The van der Waals surface area contributed by atoms with Crippen LogP contribution >= 0.6 is 0 Å². The molecule has 1 aromatic carbocycles. The van der Waals surface area contributed by atoms with Crippen LogP contribution in [-0.4, -0.2) is 31.1 Å². The molecule has 0 bridgehead atoms. The van der Waals surface area contributed by atoms with Crippen molar-refractivity contribution in [2.75, 3.05) is 7.11 Å². The molecular formula is C14H14O6. The van der Waals surface area contributed by atoms with Crippen molar-refractivity contribution in [3.63, 3.8) is 0 Å². The van der Waals surface area contributed by atoms with Gasteiger partial charge >= 0.3 is 17.9 Å². The summed E-state index contributed by atoms with van der Waals surface area (Å²) >= 11 is 0. The van der Waals surface area contributed by atoms with Gasteiger partial charge in [-0.1, -0.05) is 6.07 Å². The van der Waals surface area contributed by atoms with Crippen LogP contribution in [-0.2, 0) is 20.7 Å². The zero-order valence-corrected chi connectivity index (χ0v) is 11.4. The van der Waals surface area contributed by atoms with Crippen molar-refractivity contribution in [2.24, 2.45) is 0 Å². The summed E-state index contributed by atoms with van der Waals surface area (Å²) in [7, 11) is 1.19. The monoisotopic (exact) mass is 278 g/mol. The molecule has 0 amide bonds. The molecule has 0 spiro atoms. The van der Waals surface area contributed by atoms with E-state index in [2.05, 4.69) is 4.74 Å². The molecule has 0 fully saturated rings. The zero-order chi connectivity index (χ0) is 14.9. The van der Waals surface area contributed by atoms with Crippen molar-refractivity contribution in [3.8, 4) is 5.75 Å². The van der Waals surface area contributed by atoms with E-state index in [1.807, 2.05) is 0 Å². The lowest BCUT2D eigenvalue weighted by atomic mass is 9.94. The van der Waals surface area contributed by atoms with E-state index in [9.17, 15) is 14.4 Å². The number of esters is 3. The summed E-state index contributed by atoms with van der Waals surface area (Å²) < 4.78 is 14.7. The van der Waals surface area contributed by atoms with Gasteiger partial charge in [0.15, 0.2) is 0 Å². The van der Waals surface area contributed by atoms with E-state index in [-0.39, 0.29) is 23.0 Å². The molecule has 0 radical (unpaired) electrons. The van der Waals surface area contributed by atoms with Gasteiger partial charge in [-0.05, 0) is 18.6 Å². The Kier molecular flexibility index (Phi) is 3.74. The van der Waals surface area contributed by atoms with Crippen LogP contribution in [0.1, 0.15) is 40.1 Å². The Morgan fingerprint density at radius 1 is 1.35 bits per heavy atom. The summed E-state index contributed by atoms with van der Waals surface area (Å²) in [6.07, 6.45) is 0.228. The molecule has 1 atom stereocenters. The highest BCUT2D eigenvalue weighted by molar-refractivity contribution is 6.07. The predicted molar refractivity (Wildman–Crippen MR) is 67.7 cm³/mol. The fraction of sp³-hybridized carbons (Fsp3) is 0.357. The molecule has 6 heteroatoms. The lowest BCUT2D eigenvalue weighted by Crippen LogP contribution is -2.28. The van der Waals surface area contributed by atoms with E-state index in [1.54, 1.807) is 13.0 Å². The van der Waals surface area contributed by atoms with Crippen LogP contribution in [0.2, 0.25) is 0 Å². The highest BCUT2D eigenvalue weighted by atomic mass is 16.6. The Hall–Kier alpha value is -2.37. The number of hydrogen-bond acceptors (Lipinski definition) is 6. The fourth-order valence-corrected chi connectivity index (χ4v) is 2.17. The number of ether oxygens (including phenoxy) is 3. The lowest BCUT2D eigenvalue weighted by molar-refractivity contribution is -0.131. The Labute approximate surface area is 115 Å². The molecular weight excluding hydrogens is 264 g/mol. The van der Waals surface area contributed by atoms with Gasteiger partial charge in [-0.2, -0.15) is 0 Å². The molecule has 1 heterocycles. The maximum atomic E-state index is 12.0. The molecule has 0 aromatic heterocycles. The molecule has 20 heavy (non-hydrogen) atoms. The van der Waals surface area contributed by atoms with E-state index in [4.69, 9.17) is 9.47 Å². The molecule has 1 unspecified atom stereocenters. The Bertz CT molecular complexity index is 590. The minimum Gasteiger partial charge on any atom is -0.465 e. The van der Waals surface area contributed by atoms with Crippen LogP contribution in [0.15, 0.2) is 12.1 Å². The number of rotatable bonds is 2. The van der Waals surface area contributed by atoms with E-state index < -0.39 is 17.9 Å². The van der Waals surface area contributed by atoms with Gasteiger partial charge in [0.25, 0.3) is 0 Å². The Morgan fingerprint density at radius 2 is 2.05 bits per heavy atom. The summed E-state index contributed by atoms with van der Waals surface area (Å²) in [6, 6.07) is 3.13. The van der Waals surface area contributed by atoms with Gasteiger partial charge in [-0.3, -0.25) is 4.79 Å². The first-order chi connectivity index (χ1) is 9.43. The van der Waals surface area contributed by atoms with Crippen molar-refractivity contribution < 1.29 is 28.6 Å². The second-order valence-corrected chi connectivity index (χ2v) is 4.48. The SMILES string of the molecule is COC(=O)c1c(OC(C)=O)ccc2c1C(=O)OC(C)C2. The smallest absolute Gasteiger partial charge is 0.342 e. The average Bonchev–Trinajstić information content (AvgIpc) is 2.37. The van der Waals surface area contributed by atoms with Crippen molar-refractivity contribution in [2.45, 2.75) is 26.4 Å². The second kappa shape index (κ2) is 5.32. The normalized spacial score (nSPS) is 16.9. The van der Waals surface area contributed by atoms with Crippen LogP contribution in [0.3, 0.4) is 0 Å². The van der Waals surface area contributed by atoms with E-state index in [0.717, 1.165) is 0 Å². The Morgan fingerprint density at radius 3 is 2.65 bits per heavy atom. The third-order valence-electron chi connectivity index (χ3n) is 2.92. The van der Waals surface area contributed by atoms with Crippen molar-refractivity contribution >= 4 is 17.9 Å². The largest absolute Gasteiger partial charge is 0.465 e. The number of carbonyl (C=O) groups is 3. The third kappa shape index (κ3) is 2.49. The first kappa shape index (κ1) is 14.0. The van der Waals surface area contributed by atoms with Gasteiger partial charge in [0.1, 0.15) is 17.4 Å². The summed E-state index contributed by atoms with van der Waals surface area (Å²) in [5, 5.41) is 0. The molecule has 0 N–H and O–H groups in total. The molecule has 1 aliphatic rings. The summed E-state index contributed by atoms with van der Waals surface area (Å²) in [6.45, 7) is 2.97. The van der Waals surface area contributed by atoms with Crippen molar-refractivity contribution in [1.29, 1.82) is 0 Å². The van der Waals surface area contributed by atoms with Crippen LogP contribution in [0.25, 0.3) is 0 Å². The molecule has 2 rings (SSSR count). The summed E-state index contributed by atoms with van der Waals surface area (Å²) in [4.78, 5) is 35.0. The average molecular weight is 278 g/mol. The summed E-state index contributed by atoms with van der Waals surface area (Å²) in [5.41, 5.74) is 0.704. The maximum Gasteiger partial charge on any atom is 0.342 e. The highest BCUT2D eigenvalue weighted by Crippen LogP contribution is 2.31. The van der Waals surface area contributed by atoms with Crippen LogP contribution in [0.5, 0.6) is 5.75 Å². The predicted octanol–water partition coefficient (Wildman–Crippen LogP) is 1.50. The summed E-state index contributed by atoms with van der Waals surface area (Å²) in [5.74, 6) is -1.96. The van der Waals surface area contributed by atoms with Crippen LogP contribution in [0, 0.1) is 0 Å². The first-order valence-electron chi connectivity index (χ1n) is 6.07. The number of fused-ring (bicyclic) bond motifs is 1. The number of carbonyl (C=O) groups excluding carboxylic acids is 3. The maximum absolute atomic E-state index is 12.0. The molecule has 1 aromatic rings. The van der Waals surface area contributed by atoms with Gasteiger partial charge in [-0.25, -0.2) is 9.59 Å². The first-order valence-corrected chi connectivity index (χ1v) is 6.07. The number of benzene rings is 1. The number of methoxy groups -OCH3 is 1. The van der Waals surface area contributed by atoms with Gasteiger partial charge in [-0.15, -0.1) is 0 Å². The van der Waals surface area contributed by atoms with Crippen molar-refractivity contribution in [1.82, 2.24) is 0 Å². The molecule has 0 aliphatic carbocycles. The molecule has 0 saturated heterocycles. The second-order valence-electron chi connectivity index (χ2n) is 4.48. The minimum atomic E-state index is -0.746. The van der Waals surface area contributed by atoms with E-state index in [0.29, 0.717) is 12.0 Å². The molecule has 106 valence electrons. The highest BCUT2D eigenvalue weighted by Gasteiger charge is 2.32. The fourth-order valence-electron chi connectivity index (χ4n) is 2.17. The van der Waals surface area contributed by atoms with Crippen LogP contribution in [0.4, 0.5) is 0 Å². The minimum absolute atomic E-state index is 0.00500. The number of cyclic esters (lactones) is 1. The van der Waals surface area contributed by atoms with Gasteiger partial charge in [0, 0.05) is 13.3 Å². The topological polar surface area (TPSA) is 78.9 Å².